The third-order valence-electron chi connectivity index (χ3n) is 2.33. The molecular formula is C12H28. The van der Waals surface area contributed by atoms with Gasteiger partial charge in [0.05, 0.1) is 0 Å². The molecule has 0 heteroatoms. The summed E-state index contributed by atoms with van der Waals surface area (Å²) >= 11 is 0. The fraction of sp³-hybridized carbons (Fsp3) is 1.00. The van der Waals surface area contributed by atoms with Crippen LogP contribution in [-0.2, 0) is 0 Å². The predicted molar refractivity (Wildman–Crippen MR) is 59.5 cm³/mol. The maximum Gasteiger partial charge on any atom is -0.0448 e. The van der Waals surface area contributed by atoms with Crippen molar-refractivity contribution < 1.29 is 0 Å². The van der Waals surface area contributed by atoms with Gasteiger partial charge in [-0.1, -0.05) is 67.2 Å². The van der Waals surface area contributed by atoms with Gasteiger partial charge in [0, 0.05) is 0 Å². The molecule has 1 aliphatic carbocycles. The summed E-state index contributed by atoms with van der Waals surface area (Å²) in [6, 6.07) is 0. The Morgan fingerprint density at radius 1 is 0.583 bits per heavy atom. The summed E-state index contributed by atoms with van der Waals surface area (Å²) < 4.78 is 0. The quantitative estimate of drug-likeness (QED) is 0.528. The van der Waals surface area contributed by atoms with E-state index in [4.69, 9.17) is 0 Å². The van der Waals surface area contributed by atoms with Gasteiger partial charge in [-0.05, 0) is 11.8 Å². The second-order valence-electron chi connectivity index (χ2n) is 3.90. The largest absolute Gasteiger partial charge is 0.0683 e. The molecule has 0 unspecified atom stereocenters. The Hall–Kier alpha value is 0. The summed E-state index contributed by atoms with van der Waals surface area (Å²) in [7, 11) is 0. The maximum absolute atomic E-state index is 2.24. The Labute approximate surface area is 79.8 Å². The summed E-state index contributed by atoms with van der Waals surface area (Å²) in [6.07, 6.45) is 6.00. The molecule has 1 aliphatic rings. The monoisotopic (exact) mass is 172 g/mol. The van der Waals surface area contributed by atoms with Crippen LogP contribution in [0.3, 0.4) is 0 Å². The molecule has 0 aromatic rings. The van der Waals surface area contributed by atoms with E-state index >= 15 is 0 Å². The molecule has 0 aromatic carbocycles. The Morgan fingerprint density at radius 2 is 0.750 bits per heavy atom. The van der Waals surface area contributed by atoms with Crippen LogP contribution in [0.15, 0.2) is 0 Å². The molecule has 0 N–H and O–H groups in total. The molecule has 1 saturated carbocycles. The van der Waals surface area contributed by atoms with E-state index in [0.29, 0.717) is 0 Å². The zero-order valence-electron chi connectivity index (χ0n) is 9.98. The lowest BCUT2D eigenvalue weighted by molar-refractivity contribution is 0.457. The van der Waals surface area contributed by atoms with Gasteiger partial charge in [-0.25, -0.2) is 0 Å². The molecule has 0 heterocycles. The molecule has 76 valence electrons. The molecule has 1 fully saturated rings. The maximum atomic E-state index is 2.24. The van der Waals surface area contributed by atoms with Crippen LogP contribution in [0.5, 0.6) is 0 Å². The molecule has 0 nitrogen and oxygen atoms in total. The number of hydrogen-bond donors (Lipinski definition) is 0. The van der Waals surface area contributed by atoms with Gasteiger partial charge < -0.3 is 0 Å². The SMILES string of the molecule is C1CCC1.CC.CC(C)C(C)C. The van der Waals surface area contributed by atoms with E-state index < -0.39 is 0 Å². The number of hydrogen-bond acceptors (Lipinski definition) is 0. The molecule has 0 spiro atoms. The highest BCUT2D eigenvalue weighted by atomic mass is 14.0. The standard InChI is InChI=1S/C6H14.C4H8.C2H6/c1-5(2)6(3)4;1-2-4-3-1;1-2/h5-6H,1-4H3;1-4H2;1-2H3. The van der Waals surface area contributed by atoms with Crippen LogP contribution in [0.4, 0.5) is 0 Å². The first-order chi connectivity index (χ1) is 5.64. The highest BCUT2D eigenvalue weighted by molar-refractivity contribution is 4.50. The van der Waals surface area contributed by atoms with Crippen LogP contribution >= 0.6 is 0 Å². The van der Waals surface area contributed by atoms with Gasteiger partial charge >= 0.3 is 0 Å². The molecular weight excluding hydrogens is 144 g/mol. The van der Waals surface area contributed by atoms with E-state index in [1.165, 1.54) is 25.7 Å². The van der Waals surface area contributed by atoms with Gasteiger partial charge in [0.25, 0.3) is 0 Å². The van der Waals surface area contributed by atoms with Gasteiger partial charge in [0.2, 0.25) is 0 Å². The smallest absolute Gasteiger partial charge is 0.0448 e. The van der Waals surface area contributed by atoms with E-state index in [-0.39, 0.29) is 0 Å². The average Bonchev–Trinajstić information content (AvgIpc) is 1.88. The minimum absolute atomic E-state index is 0.852. The normalized spacial score (nSPS) is 14.0. The van der Waals surface area contributed by atoms with Crippen molar-refractivity contribution in [1.29, 1.82) is 0 Å². The summed E-state index contributed by atoms with van der Waals surface area (Å²) in [5.41, 5.74) is 0. The van der Waals surface area contributed by atoms with Crippen LogP contribution in [0.25, 0.3) is 0 Å². The van der Waals surface area contributed by atoms with Crippen molar-refractivity contribution in [3.63, 3.8) is 0 Å². The van der Waals surface area contributed by atoms with Crippen molar-refractivity contribution in [3.05, 3.63) is 0 Å². The van der Waals surface area contributed by atoms with Crippen molar-refractivity contribution in [1.82, 2.24) is 0 Å². The Balaban J connectivity index is 0. The molecule has 0 aromatic heterocycles. The predicted octanol–water partition coefficient (Wildman–Crippen LogP) is 4.89. The third kappa shape index (κ3) is 12.7. The zero-order chi connectivity index (χ0) is 9.98. The van der Waals surface area contributed by atoms with E-state index in [1.54, 1.807) is 0 Å². The topological polar surface area (TPSA) is 0 Å². The van der Waals surface area contributed by atoms with Crippen molar-refractivity contribution in [2.24, 2.45) is 11.8 Å². The summed E-state index contributed by atoms with van der Waals surface area (Å²) in [5, 5.41) is 0. The summed E-state index contributed by atoms with van der Waals surface area (Å²) in [5.74, 6) is 1.70. The molecule has 1 rings (SSSR count). The Bertz CT molecular complexity index is 48.4. The highest BCUT2D eigenvalue weighted by Gasteiger charge is 1.95. The van der Waals surface area contributed by atoms with Crippen LogP contribution in [0.1, 0.15) is 67.2 Å². The lowest BCUT2D eigenvalue weighted by atomic mass is 10.0. The van der Waals surface area contributed by atoms with E-state index in [1.807, 2.05) is 13.8 Å². The molecule has 0 radical (unpaired) electrons. The van der Waals surface area contributed by atoms with Gasteiger partial charge in [-0.3, -0.25) is 0 Å². The lowest BCUT2D eigenvalue weighted by Crippen LogP contribution is -1.95. The Kier molecular flexibility index (Phi) is 13.3. The molecule has 0 saturated heterocycles. The molecule has 0 aliphatic heterocycles. The fourth-order valence-corrected chi connectivity index (χ4v) is 0.250. The second kappa shape index (κ2) is 11.0. The van der Waals surface area contributed by atoms with Crippen LogP contribution in [0, 0.1) is 11.8 Å². The average molecular weight is 172 g/mol. The van der Waals surface area contributed by atoms with Gasteiger partial charge in [-0.2, -0.15) is 0 Å². The number of rotatable bonds is 1. The lowest BCUT2D eigenvalue weighted by Gasteiger charge is -2.05. The Morgan fingerprint density at radius 3 is 0.750 bits per heavy atom. The van der Waals surface area contributed by atoms with E-state index in [0.717, 1.165) is 11.8 Å². The van der Waals surface area contributed by atoms with Crippen LogP contribution in [-0.4, -0.2) is 0 Å². The highest BCUT2D eigenvalue weighted by Crippen LogP contribution is 2.15. The van der Waals surface area contributed by atoms with Crippen molar-refractivity contribution in [2.75, 3.05) is 0 Å². The third-order valence-corrected chi connectivity index (χ3v) is 2.33. The van der Waals surface area contributed by atoms with Crippen molar-refractivity contribution >= 4 is 0 Å². The first kappa shape index (κ1) is 14.5. The van der Waals surface area contributed by atoms with Crippen LogP contribution < -0.4 is 0 Å². The fourth-order valence-electron chi connectivity index (χ4n) is 0.250. The minimum Gasteiger partial charge on any atom is -0.0683 e. The summed E-state index contributed by atoms with van der Waals surface area (Å²) in [6.45, 7) is 13.0. The molecule has 0 bridgehead atoms. The minimum atomic E-state index is 0.852. The first-order valence-electron chi connectivity index (χ1n) is 5.64. The van der Waals surface area contributed by atoms with Crippen molar-refractivity contribution in [2.45, 2.75) is 67.2 Å². The molecule has 0 atom stereocenters. The van der Waals surface area contributed by atoms with E-state index in [2.05, 4.69) is 27.7 Å². The molecule has 0 amide bonds. The zero-order valence-corrected chi connectivity index (χ0v) is 9.98. The van der Waals surface area contributed by atoms with E-state index in [9.17, 15) is 0 Å². The summed E-state index contributed by atoms with van der Waals surface area (Å²) in [4.78, 5) is 0. The van der Waals surface area contributed by atoms with Gasteiger partial charge in [-0.15, -0.1) is 0 Å². The van der Waals surface area contributed by atoms with Gasteiger partial charge in [0.1, 0.15) is 0 Å². The van der Waals surface area contributed by atoms with Crippen molar-refractivity contribution in [3.8, 4) is 0 Å². The van der Waals surface area contributed by atoms with Gasteiger partial charge in [0.15, 0.2) is 0 Å². The molecule has 12 heavy (non-hydrogen) atoms. The second-order valence-corrected chi connectivity index (χ2v) is 3.90. The van der Waals surface area contributed by atoms with Crippen LogP contribution in [0.2, 0.25) is 0 Å². The first-order valence-corrected chi connectivity index (χ1v) is 5.64.